The fourth-order valence-corrected chi connectivity index (χ4v) is 4.89. The highest BCUT2D eigenvalue weighted by atomic mass is 35.5. The lowest BCUT2D eigenvalue weighted by Crippen LogP contribution is -2.58. The van der Waals surface area contributed by atoms with Crippen molar-refractivity contribution >= 4 is 34.4 Å². The molecule has 168 valence electrons. The van der Waals surface area contributed by atoms with Crippen molar-refractivity contribution in [2.45, 2.75) is 25.4 Å². The lowest BCUT2D eigenvalue weighted by molar-refractivity contribution is -0.123. The number of ether oxygens (including phenoxy) is 1. The number of aromatic amines is 1. The normalized spacial score (nSPS) is 18.5. The number of amides is 2. The van der Waals surface area contributed by atoms with Gasteiger partial charge in [-0.3, -0.25) is 14.3 Å². The Bertz CT molecular complexity index is 1190. The summed E-state index contributed by atoms with van der Waals surface area (Å²) in [5.41, 5.74) is 2.09. The third-order valence-corrected chi connectivity index (χ3v) is 7.12. The lowest BCUT2D eigenvalue weighted by Gasteiger charge is -2.47. The van der Waals surface area contributed by atoms with Crippen molar-refractivity contribution in [3.63, 3.8) is 0 Å². The van der Waals surface area contributed by atoms with E-state index in [1.54, 1.807) is 22.0 Å². The Balaban J connectivity index is 1.29. The van der Waals surface area contributed by atoms with Crippen LogP contribution in [0.5, 0.6) is 0 Å². The van der Waals surface area contributed by atoms with Gasteiger partial charge in [0.15, 0.2) is 0 Å². The Morgan fingerprint density at radius 3 is 2.59 bits per heavy atom. The number of likely N-dealkylation sites (tertiary alicyclic amines) is 1. The Morgan fingerprint density at radius 1 is 1.12 bits per heavy atom. The van der Waals surface area contributed by atoms with Crippen molar-refractivity contribution in [3.05, 3.63) is 46.5 Å². The number of carbonyl (C=O) groups is 2. The minimum Gasteiger partial charge on any atom is -0.371 e. The molecule has 2 aliphatic rings. The van der Waals surface area contributed by atoms with Gasteiger partial charge in [0.2, 0.25) is 0 Å². The average Bonchev–Trinajstić information content (AvgIpc) is 3.41. The molecule has 1 spiro atoms. The Morgan fingerprint density at radius 2 is 1.88 bits per heavy atom. The largest absolute Gasteiger partial charge is 0.371 e. The van der Waals surface area contributed by atoms with Gasteiger partial charge in [-0.1, -0.05) is 11.6 Å². The minimum absolute atomic E-state index is 0.00754. The van der Waals surface area contributed by atoms with E-state index in [4.69, 9.17) is 16.3 Å². The highest BCUT2D eigenvalue weighted by Crippen LogP contribution is 2.33. The molecule has 0 atom stereocenters. The molecule has 1 N–H and O–H groups in total. The first kappa shape index (κ1) is 21.0. The molecule has 32 heavy (non-hydrogen) atoms. The monoisotopic (exact) mass is 456 g/mol. The summed E-state index contributed by atoms with van der Waals surface area (Å²) in [6, 6.07) is 1.82. The van der Waals surface area contributed by atoms with Crippen molar-refractivity contribution in [1.29, 1.82) is 0 Å². The van der Waals surface area contributed by atoms with E-state index in [9.17, 15) is 9.59 Å². The average molecular weight is 457 g/mol. The van der Waals surface area contributed by atoms with Crippen LogP contribution in [0.1, 0.15) is 39.3 Å². The molecule has 0 radical (unpaired) electrons. The SMILES string of the molecule is Cc1c(C(=O)N2CCC3(CC2)CN(C(=O)c2cnc4[nH]ccc4c2Cl)CCO3)cnn1C. The maximum absolute atomic E-state index is 13.3. The van der Waals surface area contributed by atoms with Crippen LogP contribution in [0.15, 0.2) is 24.7 Å². The number of carbonyl (C=O) groups excluding carboxylic acids is 2. The number of hydrogen-bond donors (Lipinski definition) is 1. The molecule has 3 aromatic rings. The summed E-state index contributed by atoms with van der Waals surface area (Å²) in [5.74, 6) is -0.149. The van der Waals surface area contributed by atoms with Gasteiger partial charge in [0.05, 0.1) is 41.1 Å². The van der Waals surface area contributed by atoms with Crippen LogP contribution in [0.3, 0.4) is 0 Å². The van der Waals surface area contributed by atoms with Gasteiger partial charge in [-0.15, -0.1) is 0 Å². The topological polar surface area (TPSA) is 96.4 Å². The molecule has 9 nitrogen and oxygen atoms in total. The van der Waals surface area contributed by atoms with Gasteiger partial charge in [-0.05, 0) is 25.8 Å². The molecule has 2 amide bonds. The highest BCUT2D eigenvalue weighted by molar-refractivity contribution is 6.38. The van der Waals surface area contributed by atoms with Crippen molar-refractivity contribution in [1.82, 2.24) is 29.5 Å². The summed E-state index contributed by atoms with van der Waals surface area (Å²) in [4.78, 5) is 37.2. The lowest BCUT2D eigenvalue weighted by atomic mass is 9.88. The van der Waals surface area contributed by atoms with Crippen molar-refractivity contribution in [2.24, 2.45) is 7.05 Å². The second-order valence-corrected chi connectivity index (χ2v) is 8.92. The molecular formula is C22H25ClN6O3. The fourth-order valence-electron chi connectivity index (χ4n) is 4.61. The van der Waals surface area contributed by atoms with Crippen LogP contribution in [0.25, 0.3) is 11.0 Å². The second kappa shape index (κ2) is 7.90. The first-order valence-corrected chi connectivity index (χ1v) is 11.1. The van der Waals surface area contributed by atoms with Gasteiger partial charge in [0.25, 0.3) is 11.8 Å². The molecule has 0 bridgehead atoms. The number of aryl methyl sites for hydroxylation is 1. The molecule has 0 aliphatic carbocycles. The summed E-state index contributed by atoms with van der Waals surface area (Å²) in [6.07, 6.45) is 6.25. The number of aromatic nitrogens is 4. The molecule has 0 saturated carbocycles. The summed E-state index contributed by atoms with van der Waals surface area (Å²) < 4.78 is 7.88. The number of nitrogens with zero attached hydrogens (tertiary/aromatic N) is 5. The molecule has 5 rings (SSSR count). The number of hydrogen-bond acceptors (Lipinski definition) is 5. The molecule has 0 aromatic carbocycles. The number of H-pyrrole nitrogens is 1. The molecule has 2 fully saturated rings. The van der Waals surface area contributed by atoms with Crippen molar-refractivity contribution < 1.29 is 14.3 Å². The van der Waals surface area contributed by atoms with Gasteiger partial charge in [-0.2, -0.15) is 5.10 Å². The Hall–Kier alpha value is -2.91. The third kappa shape index (κ3) is 3.45. The quantitative estimate of drug-likeness (QED) is 0.638. The van der Waals surface area contributed by atoms with Crippen LogP contribution in [0.2, 0.25) is 5.02 Å². The summed E-state index contributed by atoms with van der Waals surface area (Å²) in [6.45, 7) is 4.48. The predicted molar refractivity (Wildman–Crippen MR) is 119 cm³/mol. The van der Waals surface area contributed by atoms with E-state index in [1.165, 1.54) is 6.20 Å². The van der Waals surface area contributed by atoms with E-state index in [1.807, 2.05) is 24.9 Å². The van der Waals surface area contributed by atoms with E-state index in [-0.39, 0.29) is 11.8 Å². The van der Waals surface area contributed by atoms with Gasteiger partial charge in [0, 0.05) is 50.2 Å². The van der Waals surface area contributed by atoms with Gasteiger partial charge >= 0.3 is 0 Å². The maximum atomic E-state index is 13.3. The van der Waals surface area contributed by atoms with E-state index in [0.29, 0.717) is 67.4 Å². The molecule has 5 heterocycles. The first-order chi connectivity index (χ1) is 15.4. The van der Waals surface area contributed by atoms with Crippen LogP contribution >= 0.6 is 11.6 Å². The van der Waals surface area contributed by atoms with Crippen LogP contribution in [0, 0.1) is 6.92 Å². The molecule has 3 aromatic heterocycles. The predicted octanol–water partition coefficient (Wildman–Crippen LogP) is 2.41. The third-order valence-electron chi connectivity index (χ3n) is 6.71. The zero-order valence-corrected chi connectivity index (χ0v) is 18.9. The van der Waals surface area contributed by atoms with Crippen LogP contribution in [-0.4, -0.2) is 79.7 Å². The van der Waals surface area contributed by atoms with Gasteiger partial charge in [-0.25, -0.2) is 4.98 Å². The van der Waals surface area contributed by atoms with E-state index < -0.39 is 5.60 Å². The van der Waals surface area contributed by atoms with Crippen LogP contribution in [0.4, 0.5) is 0 Å². The van der Waals surface area contributed by atoms with Gasteiger partial charge < -0.3 is 19.5 Å². The molecule has 2 saturated heterocycles. The first-order valence-electron chi connectivity index (χ1n) is 10.7. The number of piperidine rings is 1. The molecule has 10 heteroatoms. The van der Waals surface area contributed by atoms with Crippen LogP contribution < -0.4 is 0 Å². The second-order valence-electron chi connectivity index (χ2n) is 8.54. The van der Waals surface area contributed by atoms with E-state index in [2.05, 4.69) is 15.1 Å². The van der Waals surface area contributed by atoms with E-state index in [0.717, 1.165) is 11.1 Å². The zero-order chi connectivity index (χ0) is 22.5. The molecular weight excluding hydrogens is 432 g/mol. The number of morpholine rings is 1. The Kier molecular flexibility index (Phi) is 5.17. The molecule has 2 aliphatic heterocycles. The van der Waals surface area contributed by atoms with Crippen molar-refractivity contribution in [3.8, 4) is 0 Å². The zero-order valence-electron chi connectivity index (χ0n) is 18.1. The number of rotatable bonds is 2. The minimum atomic E-state index is -0.452. The van der Waals surface area contributed by atoms with Crippen molar-refractivity contribution in [2.75, 3.05) is 32.8 Å². The molecule has 0 unspecified atom stereocenters. The smallest absolute Gasteiger partial charge is 0.257 e. The summed E-state index contributed by atoms with van der Waals surface area (Å²) in [5, 5.41) is 5.32. The maximum Gasteiger partial charge on any atom is 0.257 e. The Labute approximate surface area is 190 Å². The van der Waals surface area contributed by atoms with Gasteiger partial charge in [0.1, 0.15) is 5.65 Å². The number of fused-ring (bicyclic) bond motifs is 1. The number of nitrogens with one attached hydrogen (secondary N) is 1. The number of pyridine rings is 1. The van der Waals surface area contributed by atoms with Crippen LogP contribution in [-0.2, 0) is 11.8 Å². The summed E-state index contributed by atoms with van der Waals surface area (Å²) >= 11 is 6.51. The fraction of sp³-hybridized carbons (Fsp3) is 0.455. The van der Waals surface area contributed by atoms with E-state index >= 15 is 0 Å². The summed E-state index contributed by atoms with van der Waals surface area (Å²) in [7, 11) is 1.83. The number of halogens is 1. The standard InChI is InChI=1S/C22H25ClN6O3/c1-14-16(12-26-27(14)2)20(30)28-7-4-22(5-8-28)13-29(9-10-32-22)21(31)17-11-25-19-15(18(17)23)3-6-24-19/h3,6,11-12H,4-5,7-10,13H2,1-2H3,(H,24,25). The highest BCUT2D eigenvalue weighted by Gasteiger charge is 2.42.